The zero-order valence-corrected chi connectivity index (χ0v) is 11.4. The van der Waals surface area contributed by atoms with Crippen molar-refractivity contribution in [2.75, 3.05) is 11.9 Å². The van der Waals surface area contributed by atoms with E-state index in [4.69, 9.17) is 4.74 Å². The summed E-state index contributed by atoms with van der Waals surface area (Å²) in [5.41, 5.74) is 0. The Morgan fingerprint density at radius 2 is 1.53 bits per heavy atom. The molecule has 2 nitrogen and oxygen atoms in total. The molecule has 0 spiro atoms. The molecule has 0 radical (unpaired) electrons. The number of hydrogen-bond acceptors (Lipinski definition) is 2. The molecule has 15 heavy (non-hydrogen) atoms. The SMILES string of the molecule is CCOC(=O)CCCCCCCCCBr. The fourth-order valence-electron chi connectivity index (χ4n) is 1.48. The smallest absolute Gasteiger partial charge is 0.305 e. The Bertz CT molecular complexity index is 149. The predicted octanol–water partition coefficient (Wildman–Crippen LogP) is 4.07. The zero-order chi connectivity index (χ0) is 11.4. The van der Waals surface area contributed by atoms with E-state index in [9.17, 15) is 4.79 Å². The van der Waals surface area contributed by atoms with E-state index in [-0.39, 0.29) is 5.97 Å². The number of halogens is 1. The van der Waals surface area contributed by atoms with Gasteiger partial charge in [0, 0.05) is 11.8 Å². The number of hydrogen-bond donors (Lipinski definition) is 0. The van der Waals surface area contributed by atoms with Crippen molar-refractivity contribution in [2.24, 2.45) is 0 Å². The lowest BCUT2D eigenvalue weighted by molar-refractivity contribution is -0.143. The number of rotatable bonds is 10. The molecule has 0 aliphatic carbocycles. The van der Waals surface area contributed by atoms with Crippen LogP contribution in [0.15, 0.2) is 0 Å². The molecule has 0 unspecified atom stereocenters. The molecule has 0 saturated heterocycles. The quantitative estimate of drug-likeness (QED) is 0.342. The van der Waals surface area contributed by atoms with Crippen molar-refractivity contribution in [3.63, 3.8) is 0 Å². The Kier molecular flexibility index (Phi) is 12.0. The van der Waals surface area contributed by atoms with Crippen molar-refractivity contribution in [3.8, 4) is 0 Å². The van der Waals surface area contributed by atoms with Crippen molar-refractivity contribution < 1.29 is 9.53 Å². The monoisotopic (exact) mass is 278 g/mol. The van der Waals surface area contributed by atoms with Gasteiger partial charge in [-0.3, -0.25) is 4.79 Å². The van der Waals surface area contributed by atoms with Gasteiger partial charge in [-0.05, 0) is 19.8 Å². The normalized spacial score (nSPS) is 10.3. The molecular weight excluding hydrogens is 256 g/mol. The summed E-state index contributed by atoms with van der Waals surface area (Å²) in [4.78, 5) is 11.0. The Labute approximate surface area is 102 Å². The van der Waals surface area contributed by atoms with Gasteiger partial charge in [-0.15, -0.1) is 0 Å². The molecule has 0 amide bonds. The summed E-state index contributed by atoms with van der Waals surface area (Å²) in [6.45, 7) is 2.35. The third-order valence-electron chi connectivity index (χ3n) is 2.32. The van der Waals surface area contributed by atoms with Gasteiger partial charge in [0.25, 0.3) is 0 Å². The maximum Gasteiger partial charge on any atom is 0.305 e. The molecule has 0 aromatic carbocycles. The third-order valence-corrected chi connectivity index (χ3v) is 2.88. The van der Waals surface area contributed by atoms with Crippen LogP contribution in [0.3, 0.4) is 0 Å². The highest BCUT2D eigenvalue weighted by Gasteiger charge is 2.00. The first-order chi connectivity index (χ1) is 7.31. The number of unbranched alkanes of at least 4 members (excludes halogenated alkanes) is 6. The van der Waals surface area contributed by atoms with Crippen LogP contribution in [0.5, 0.6) is 0 Å². The van der Waals surface area contributed by atoms with Gasteiger partial charge in [-0.2, -0.15) is 0 Å². The molecule has 0 atom stereocenters. The molecule has 90 valence electrons. The lowest BCUT2D eigenvalue weighted by atomic mass is 10.1. The van der Waals surface area contributed by atoms with E-state index in [1.807, 2.05) is 6.92 Å². The molecule has 0 fully saturated rings. The maximum absolute atomic E-state index is 11.0. The van der Waals surface area contributed by atoms with Crippen LogP contribution >= 0.6 is 15.9 Å². The van der Waals surface area contributed by atoms with Gasteiger partial charge in [0.1, 0.15) is 0 Å². The molecule has 0 rings (SSSR count). The average Bonchev–Trinajstić information content (AvgIpc) is 2.22. The minimum Gasteiger partial charge on any atom is -0.466 e. The summed E-state index contributed by atoms with van der Waals surface area (Å²) in [5.74, 6) is -0.0446. The van der Waals surface area contributed by atoms with Crippen LogP contribution in [0.2, 0.25) is 0 Å². The summed E-state index contributed by atoms with van der Waals surface area (Å²) >= 11 is 3.42. The Morgan fingerprint density at radius 1 is 1.00 bits per heavy atom. The van der Waals surface area contributed by atoms with E-state index in [1.165, 1.54) is 32.1 Å². The third kappa shape index (κ3) is 11.9. The maximum atomic E-state index is 11.0. The minimum absolute atomic E-state index is 0.0446. The lowest BCUT2D eigenvalue weighted by Gasteiger charge is -2.02. The Hall–Kier alpha value is -0.0500. The van der Waals surface area contributed by atoms with Crippen molar-refractivity contribution in [2.45, 2.75) is 58.3 Å². The van der Waals surface area contributed by atoms with Crippen LogP contribution < -0.4 is 0 Å². The first-order valence-electron chi connectivity index (χ1n) is 6.02. The van der Waals surface area contributed by atoms with Gasteiger partial charge >= 0.3 is 5.97 Å². The van der Waals surface area contributed by atoms with Crippen molar-refractivity contribution in [1.29, 1.82) is 0 Å². The van der Waals surface area contributed by atoms with Gasteiger partial charge in [0.2, 0.25) is 0 Å². The van der Waals surface area contributed by atoms with E-state index in [2.05, 4.69) is 15.9 Å². The minimum atomic E-state index is -0.0446. The summed E-state index contributed by atoms with van der Waals surface area (Å²) in [7, 11) is 0. The highest BCUT2D eigenvalue weighted by molar-refractivity contribution is 9.09. The predicted molar refractivity (Wildman–Crippen MR) is 67.4 cm³/mol. The van der Waals surface area contributed by atoms with Crippen LogP contribution in [0, 0.1) is 0 Å². The first-order valence-corrected chi connectivity index (χ1v) is 7.15. The molecule has 0 bridgehead atoms. The average molecular weight is 279 g/mol. The summed E-state index contributed by atoms with van der Waals surface area (Å²) < 4.78 is 4.86. The van der Waals surface area contributed by atoms with Gasteiger partial charge in [0.15, 0.2) is 0 Å². The fraction of sp³-hybridized carbons (Fsp3) is 0.917. The highest BCUT2D eigenvalue weighted by atomic mass is 79.9. The van der Waals surface area contributed by atoms with Gasteiger partial charge in [-0.25, -0.2) is 0 Å². The highest BCUT2D eigenvalue weighted by Crippen LogP contribution is 2.09. The molecule has 0 heterocycles. The molecule has 0 aromatic heterocycles. The van der Waals surface area contributed by atoms with Crippen molar-refractivity contribution in [1.82, 2.24) is 0 Å². The topological polar surface area (TPSA) is 26.3 Å². The summed E-state index contributed by atoms with van der Waals surface area (Å²) in [5, 5.41) is 1.12. The summed E-state index contributed by atoms with van der Waals surface area (Å²) in [6, 6.07) is 0. The number of carbonyl (C=O) groups is 1. The largest absolute Gasteiger partial charge is 0.466 e. The number of carbonyl (C=O) groups excluding carboxylic acids is 1. The van der Waals surface area contributed by atoms with E-state index in [0.29, 0.717) is 13.0 Å². The van der Waals surface area contributed by atoms with Crippen LogP contribution in [-0.2, 0) is 9.53 Å². The van der Waals surface area contributed by atoms with E-state index >= 15 is 0 Å². The van der Waals surface area contributed by atoms with Gasteiger partial charge < -0.3 is 4.74 Å². The van der Waals surface area contributed by atoms with E-state index in [0.717, 1.165) is 18.2 Å². The fourth-order valence-corrected chi connectivity index (χ4v) is 1.88. The second kappa shape index (κ2) is 12.0. The van der Waals surface area contributed by atoms with Crippen LogP contribution in [-0.4, -0.2) is 17.9 Å². The van der Waals surface area contributed by atoms with Crippen LogP contribution in [0.4, 0.5) is 0 Å². The molecule has 0 aliphatic rings. The second-order valence-corrected chi connectivity index (χ2v) is 4.51. The van der Waals surface area contributed by atoms with Gasteiger partial charge in [-0.1, -0.05) is 48.0 Å². The van der Waals surface area contributed by atoms with Crippen molar-refractivity contribution >= 4 is 21.9 Å². The van der Waals surface area contributed by atoms with Gasteiger partial charge in [0.05, 0.1) is 6.61 Å². The van der Waals surface area contributed by atoms with Crippen LogP contribution in [0.1, 0.15) is 58.3 Å². The number of alkyl halides is 1. The standard InChI is InChI=1S/C12H23BrO2/c1-2-15-12(14)10-8-6-4-3-5-7-9-11-13/h2-11H2,1H3. The number of esters is 1. The zero-order valence-electron chi connectivity index (χ0n) is 9.77. The second-order valence-electron chi connectivity index (χ2n) is 3.72. The molecule has 3 heteroatoms. The Morgan fingerprint density at radius 3 is 2.07 bits per heavy atom. The molecule has 0 N–H and O–H groups in total. The van der Waals surface area contributed by atoms with E-state index in [1.54, 1.807) is 0 Å². The molecule has 0 aromatic rings. The number of ether oxygens (including phenoxy) is 1. The molecule has 0 saturated carbocycles. The Balaban J connectivity index is 3.01. The first kappa shape index (κ1) is 14.9. The lowest BCUT2D eigenvalue weighted by Crippen LogP contribution is -2.03. The summed E-state index contributed by atoms with van der Waals surface area (Å²) in [6.07, 6.45) is 9.22. The van der Waals surface area contributed by atoms with Crippen molar-refractivity contribution in [3.05, 3.63) is 0 Å². The molecule has 0 aliphatic heterocycles. The molecular formula is C12H23BrO2. The van der Waals surface area contributed by atoms with E-state index < -0.39 is 0 Å². The van der Waals surface area contributed by atoms with Crippen LogP contribution in [0.25, 0.3) is 0 Å².